The second kappa shape index (κ2) is 7.70. The number of carbonyl (C=O) groups is 1. The zero-order valence-corrected chi connectivity index (χ0v) is 15.2. The van der Waals surface area contributed by atoms with Gasteiger partial charge in [-0.25, -0.2) is 4.39 Å². The first kappa shape index (κ1) is 18.1. The van der Waals surface area contributed by atoms with Crippen LogP contribution in [-0.4, -0.2) is 24.1 Å². The smallest absolute Gasteiger partial charge is 0.249 e. The summed E-state index contributed by atoms with van der Waals surface area (Å²) >= 11 is 0. The summed E-state index contributed by atoms with van der Waals surface area (Å²) in [7, 11) is 1.53. The standard InChI is InChI=1S/C21H23FN2O2/c1-4-19(26-3)21(25)23-12-14-9-10-18-16(11-14)13(2)20(24-18)15-7-5-6-8-17(15)22/h5-11,19,24H,4,12H2,1-3H3,(H,23,25)/t19-/m1/s1. The van der Waals surface area contributed by atoms with Crippen LogP contribution in [0.25, 0.3) is 22.2 Å². The van der Waals surface area contributed by atoms with Gasteiger partial charge in [-0.05, 0) is 48.7 Å². The number of ether oxygens (including phenoxy) is 1. The number of methoxy groups -OCH3 is 1. The van der Waals surface area contributed by atoms with Crippen LogP contribution < -0.4 is 5.32 Å². The summed E-state index contributed by atoms with van der Waals surface area (Å²) < 4.78 is 19.3. The SMILES string of the molecule is CC[C@@H](OC)C(=O)NCc1ccc2[nH]c(-c3ccccc3F)c(C)c2c1. The van der Waals surface area contributed by atoms with Crippen LogP contribution in [0.3, 0.4) is 0 Å². The average Bonchev–Trinajstić information content (AvgIpc) is 2.97. The van der Waals surface area contributed by atoms with E-state index in [0.717, 1.165) is 27.7 Å². The molecule has 0 aliphatic rings. The second-order valence-electron chi connectivity index (χ2n) is 6.34. The zero-order valence-electron chi connectivity index (χ0n) is 15.2. The van der Waals surface area contributed by atoms with Crippen molar-refractivity contribution < 1.29 is 13.9 Å². The fourth-order valence-corrected chi connectivity index (χ4v) is 3.18. The Bertz CT molecular complexity index is 929. The fraction of sp³-hybridized carbons (Fsp3) is 0.286. The molecule has 0 unspecified atom stereocenters. The van der Waals surface area contributed by atoms with E-state index in [1.807, 2.05) is 38.1 Å². The first-order valence-electron chi connectivity index (χ1n) is 8.71. The number of rotatable bonds is 6. The van der Waals surface area contributed by atoms with Gasteiger partial charge in [0.25, 0.3) is 0 Å². The predicted octanol–water partition coefficient (Wildman–Crippen LogP) is 4.32. The molecule has 2 N–H and O–H groups in total. The molecular weight excluding hydrogens is 331 g/mol. The molecule has 4 nitrogen and oxygen atoms in total. The molecule has 5 heteroatoms. The highest BCUT2D eigenvalue weighted by molar-refractivity contribution is 5.91. The average molecular weight is 354 g/mol. The van der Waals surface area contributed by atoms with E-state index in [1.54, 1.807) is 12.1 Å². The monoisotopic (exact) mass is 354 g/mol. The van der Waals surface area contributed by atoms with Crippen molar-refractivity contribution in [3.8, 4) is 11.3 Å². The van der Waals surface area contributed by atoms with Crippen LogP contribution >= 0.6 is 0 Å². The predicted molar refractivity (Wildman–Crippen MR) is 101 cm³/mol. The van der Waals surface area contributed by atoms with Crippen LogP contribution in [-0.2, 0) is 16.1 Å². The van der Waals surface area contributed by atoms with E-state index in [9.17, 15) is 9.18 Å². The van der Waals surface area contributed by atoms with Gasteiger partial charge >= 0.3 is 0 Å². The number of amides is 1. The summed E-state index contributed by atoms with van der Waals surface area (Å²) in [6.07, 6.45) is 0.199. The Kier molecular flexibility index (Phi) is 5.38. The quantitative estimate of drug-likeness (QED) is 0.692. The molecule has 1 amide bonds. The van der Waals surface area contributed by atoms with Crippen LogP contribution in [0.2, 0.25) is 0 Å². The van der Waals surface area contributed by atoms with E-state index in [4.69, 9.17) is 4.74 Å². The Morgan fingerprint density at radius 3 is 2.73 bits per heavy atom. The van der Waals surface area contributed by atoms with E-state index in [0.29, 0.717) is 18.5 Å². The molecule has 136 valence electrons. The van der Waals surface area contributed by atoms with Crippen LogP contribution in [0.1, 0.15) is 24.5 Å². The molecule has 2 aromatic carbocycles. The number of halogens is 1. The molecule has 1 heterocycles. The maximum Gasteiger partial charge on any atom is 0.249 e. The van der Waals surface area contributed by atoms with Crippen molar-refractivity contribution >= 4 is 16.8 Å². The second-order valence-corrected chi connectivity index (χ2v) is 6.34. The maximum atomic E-state index is 14.1. The molecule has 0 fully saturated rings. The van der Waals surface area contributed by atoms with Crippen molar-refractivity contribution in [2.24, 2.45) is 0 Å². The number of hydrogen-bond acceptors (Lipinski definition) is 2. The lowest BCUT2D eigenvalue weighted by molar-refractivity contribution is -0.131. The number of nitrogens with one attached hydrogen (secondary N) is 2. The number of H-pyrrole nitrogens is 1. The van der Waals surface area contributed by atoms with Gasteiger partial charge in [0.05, 0.1) is 5.69 Å². The Balaban J connectivity index is 1.87. The van der Waals surface area contributed by atoms with Gasteiger partial charge < -0.3 is 15.0 Å². The number of hydrogen-bond donors (Lipinski definition) is 2. The Hall–Kier alpha value is -2.66. The number of benzene rings is 2. The van der Waals surface area contributed by atoms with Crippen molar-refractivity contribution in [3.05, 3.63) is 59.4 Å². The van der Waals surface area contributed by atoms with E-state index >= 15 is 0 Å². The highest BCUT2D eigenvalue weighted by Crippen LogP contribution is 2.31. The molecule has 26 heavy (non-hydrogen) atoms. The minimum Gasteiger partial charge on any atom is -0.372 e. The van der Waals surface area contributed by atoms with Gasteiger partial charge in [-0.2, -0.15) is 0 Å². The number of fused-ring (bicyclic) bond motifs is 1. The lowest BCUT2D eigenvalue weighted by Gasteiger charge is -2.13. The Labute approximate surface area is 152 Å². The number of aromatic amines is 1. The topological polar surface area (TPSA) is 54.1 Å². The third-order valence-electron chi connectivity index (χ3n) is 4.68. The molecular formula is C21H23FN2O2. The summed E-state index contributed by atoms with van der Waals surface area (Å²) in [6, 6.07) is 12.7. The molecule has 0 spiro atoms. The molecule has 0 saturated heterocycles. The van der Waals surface area contributed by atoms with Gasteiger partial charge in [-0.1, -0.05) is 25.1 Å². The largest absolute Gasteiger partial charge is 0.372 e. The molecule has 0 radical (unpaired) electrons. The van der Waals surface area contributed by atoms with Gasteiger partial charge in [0.2, 0.25) is 5.91 Å². The fourth-order valence-electron chi connectivity index (χ4n) is 3.18. The van der Waals surface area contributed by atoms with Gasteiger partial charge in [0, 0.05) is 30.1 Å². The Morgan fingerprint density at radius 2 is 2.04 bits per heavy atom. The van der Waals surface area contributed by atoms with Gasteiger partial charge in [0.1, 0.15) is 11.9 Å². The summed E-state index contributed by atoms with van der Waals surface area (Å²) in [5, 5.41) is 3.92. The highest BCUT2D eigenvalue weighted by Gasteiger charge is 2.16. The highest BCUT2D eigenvalue weighted by atomic mass is 19.1. The van der Waals surface area contributed by atoms with Gasteiger partial charge in [-0.3, -0.25) is 4.79 Å². The summed E-state index contributed by atoms with van der Waals surface area (Å²) in [5.41, 5.74) is 4.26. The molecule has 1 aromatic heterocycles. The van der Waals surface area contributed by atoms with E-state index in [2.05, 4.69) is 10.3 Å². The van der Waals surface area contributed by atoms with E-state index < -0.39 is 6.10 Å². The first-order valence-corrected chi connectivity index (χ1v) is 8.71. The zero-order chi connectivity index (χ0) is 18.7. The van der Waals surface area contributed by atoms with Crippen LogP contribution in [0.15, 0.2) is 42.5 Å². The van der Waals surface area contributed by atoms with Gasteiger partial charge in [-0.15, -0.1) is 0 Å². The molecule has 1 atom stereocenters. The molecule has 0 aliphatic carbocycles. The number of carbonyl (C=O) groups excluding carboxylic acids is 1. The number of aromatic nitrogens is 1. The normalized spacial score (nSPS) is 12.3. The Morgan fingerprint density at radius 1 is 1.27 bits per heavy atom. The minimum absolute atomic E-state index is 0.118. The summed E-state index contributed by atoms with van der Waals surface area (Å²) in [4.78, 5) is 15.4. The van der Waals surface area contributed by atoms with Crippen molar-refractivity contribution in [2.75, 3.05) is 7.11 Å². The molecule has 0 aliphatic heterocycles. The molecule has 0 saturated carbocycles. The third kappa shape index (κ3) is 3.48. The lowest BCUT2D eigenvalue weighted by atomic mass is 10.0. The third-order valence-corrected chi connectivity index (χ3v) is 4.68. The van der Waals surface area contributed by atoms with Crippen molar-refractivity contribution in [1.82, 2.24) is 10.3 Å². The van der Waals surface area contributed by atoms with Crippen molar-refractivity contribution in [1.29, 1.82) is 0 Å². The van der Waals surface area contributed by atoms with Crippen LogP contribution in [0.4, 0.5) is 4.39 Å². The molecule has 0 bridgehead atoms. The first-order chi connectivity index (χ1) is 12.5. The molecule has 3 aromatic rings. The lowest BCUT2D eigenvalue weighted by Crippen LogP contribution is -2.34. The van der Waals surface area contributed by atoms with Crippen LogP contribution in [0, 0.1) is 12.7 Å². The van der Waals surface area contributed by atoms with Gasteiger partial charge in [0.15, 0.2) is 0 Å². The summed E-state index contributed by atoms with van der Waals surface area (Å²) in [5.74, 6) is -0.368. The van der Waals surface area contributed by atoms with Crippen molar-refractivity contribution in [3.63, 3.8) is 0 Å². The summed E-state index contributed by atoms with van der Waals surface area (Å²) in [6.45, 7) is 4.31. The van der Waals surface area contributed by atoms with E-state index in [-0.39, 0.29) is 11.7 Å². The number of aryl methyl sites for hydroxylation is 1. The minimum atomic E-state index is -0.430. The van der Waals surface area contributed by atoms with Crippen molar-refractivity contribution in [2.45, 2.75) is 32.9 Å². The van der Waals surface area contributed by atoms with E-state index in [1.165, 1.54) is 13.2 Å². The van der Waals surface area contributed by atoms with Crippen LogP contribution in [0.5, 0.6) is 0 Å². The maximum absolute atomic E-state index is 14.1. The molecule has 3 rings (SSSR count).